The Hall–Kier alpha value is -2.15. The number of halogens is 2. The highest BCUT2D eigenvalue weighted by Gasteiger charge is 2.12. The fourth-order valence-electron chi connectivity index (χ4n) is 1.74. The van der Waals surface area contributed by atoms with Crippen LogP contribution in [-0.2, 0) is 11.2 Å². The van der Waals surface area contributed by atoms with E-state index in [0.717, 1.165) is 17.1 Å². The fourth-order valence-corrected chi connectivity index (χ4v) is 2.35. The third kappa shape index (κ3) is 3.91. The number of nitrogens with one attached hydrogen (secondary N) is 1. The topological polar surface area (TPSA) is 54.4 Å². The van der Waals surface area contributed by atoms with Crippen LogP contribution in [0.25, 0.3) is 0 Å². The lowest BCUT2D eigenvalue weighted by molar-refractivity contribution is -0.120. The molecular weight excluding hydrogens is 296 g/mol. The predicted octanol–water partition coefficient (Wildman–Crippen LogP) is 2.81. The average molecular weight is 309 g/mol. The molecule has 0 unspecified atom stereocenters. The van der Waals surface area contributed by atoms with E-state index in [2.05, 4.69) is 15.5 Å². The number of aryl methyl sites for hydroxylation is 1. The molecule has 0 radical (unpaired) electrons. The summed E-state index contributed by atoms with van der Waals surface area (Å²) in [5, 5.41) is 6.38. The zero-order valence-corrected chi connectivity index (χ0v) is 12.3. The molecule has 0 aliphatic carbocycles. The van der Waals surface area contributed by atoms with E-state index < -0.39 is 17.5 Å². The quantitative estimate of drug-likeness (QED) is 0.697. The van der Waals surface area contributed by atoms with E-state index in [1.54, 1.807) is 5.38 Å². The maximum atomic E-state index is 13.5. The number of thiazole rings is 1. The van der Waals surface area contributed by atoms with Gasteiger partial charge in [0.1, 0.15) is 11.6 Å². The Bertz CT molecular complexity index is 677. The van der Waals surface area contributed by atoms with Crippen LogP contribution in [0.4, 0.5) is 8.78 Å². The number of rotatable bonds is 4. The number of carbonyl (C=O) groups excluding carboxylic acids is 1. The molecule has 0 aliphatic rings. The van der Waals surface area contributed by atoms with Gasteiger partial charge >= 0.3 is 0 Å². The standard InChI is InChI=1S/C14H13F2N3OS/c1-8(14-11(15)4-3-5-12(14)16)18-19-13(20)6-10-7-21-9(2)17-10/h3-5,7H,6H2,1-2H3,(H,19,20)/b18-8-. The summed E-state index contributed by atoms with van der Waals surface area (Å²) in [6.07, 6.45) is 0.0703. The van der Waals surface area contributed by atoms with Crippen LogP contribution in [0.15, 0.2) is 28.7 Å². The number of aromatic nitrogens is 1. The minimum Gasteiger partial charge on any atom is -0.273 e. The second-order valence-electron chi connectivity index (χ2n) is 4.36. The van der Waals surface area contributed by atoms with E-state index in [1.807, 2.05) is 6.92 Å². The lowest BCUT2D eigenvalue weighted by atomic mass is 10.1. The average Bonchev–Trinajstić information content (AvgIpc) is 2.81. The van der Waals surface area contributed by atoms with Crippen LogP contribution in [0.1, 0.15) is 23.2 Å². The summed E-state index contributed by atoms with van der Waals surface area (Å²) >= 11 is 1.45. The number of hydrogen-bond donors (Lipinski definition) is 1. The van der Waals surface area contributed by atoms with Crippen LogP contribution < -0.4 is 5.43 Å². The first-order chi connectivity index (χ1) is 9.97. The summed E-state index contributed by atoms with van der Waals surface area (Å²) in [5.74, 6) is -1.84. The lowest BCUT2D eigenvalue weighted by Crippen LogP contribution is -2.22. The van der Waals surface area contributed by atoms with E-state index in [1.165, 1.54) is 24.3 Å². The van der Waals surface area contributed by atoms with Crippen LogP contribution in [-0.4, -0.2) is 16.6 Å². The Kier molecular flexibility index (Phi) is 4.74. The van der Waals surface area contributed by atoms with Gasteiger partial charge in [0, 0.05) is 5.38 Å². The van der Waals surface area contributed by atoms with Crippen molar-refractivity contribution in [2.45, 2.75) is 20.3 Å². The molecule has 1 aromatic heterocycles. The second-order valence-corrected chi connectivity index (χ2v) is 5.43. The molecule has 1 amide bonds. The molecule has 0 saturated heterocycles. The molecule has 1 aromatic carbocycles. The Morgan fingerprint density at radius 3 is 2.62 bits per heavy atom. The zero-order chi connectivity index (χ0) is 15.4. The Labute approximate surface area is 124 Å². The van der Waals surface area contributed by atoms with Gasteiger partial charge in [-0.25, -0.2) is 19.2 Å². The number of hydrazone groups is 1. The molecule has 110 valence electrons. The molecule has 0 atom stereocenters. The highest BCUT2D eigenvalue weighted by Crippen LogP contribution is 2.13. The molecule has 0 saturated carbocycles. The van der Waals surface area contributed by atoms with Crippen LogP contribution in [0, 0.1) is 18.6 Å². The first-order valence-electron chi connectivity index (χ1n) is 6.16. The van der Waals surface area contributed by atoms with Crippen molar-refractivity contribution in [3.8, 4) is 0 Å². The molecule has 2 rings (SSSR count). The van der Waals surface area contributed by atoms with E-state index in [-0.39, 0.29) is 17.7 Å². The normalized spacial score (nSPS) is 11.5. The summed E-state index contributed by atoms with van der Waals surface area (Å²) in [6, 6.07) is 3.54. The van der Waals surface area contributed by atoms with Crippen LogP contribution in [0.2, 0.25) is 0 Å². The molecule has 0 fully saturated rings. The van der Waals surface area contributed by atoms with Gasteiger partial charge in [0.05, 0.1) is 28.4 Å². The summed E-state index contributed by atoms with van der Waals surface area (Å²) in [7, 11) is 0. The van der Waals surface area contributed by atoms with Gasteiger partial charge in [-0.2, -0.15) is 5.10 Å². The number of benzene rings is 1. The molecule has 7 heteroatoms. The van der Waals surface area contributed by atoms with Gasteiger partial charge < -0.3 is 0 Å². The third-order valence-electron chi connectivity index (χ3n) is 2.68. The van der Waals surface area contributed by atoms with Crippen molar-refractivity contribution in [2.75, 3.05) is 0 Å². The highest BCUT2D eigenvalue weighted by molar-refractivity contribution is 7.09. The van der Waals surface area contributed by atoms with Crippen molar-refractivity contribution in [1.82, 2.24) is 10.4 Å². The Morgan fingerprint density at radius 2 is 2.05 bits per heavy atom. The maximum Gasteiger partial charge on any atom is 0.246 e. The summed E-state index contributed by atoms with van der Waals surface area (Å²) in [6.45, 7) is 3.27. The SMILES string of the molecule is C/C(=N/NC(=O)Cc1csc(C)n1)c1c(F)cccc1F. The van der Waals surface area contributed by atoms with E-state index in [4.69, 9.17) is 0 Å². The molecule has 1 N–H and O–H groups in total. The zero-order valence-electron chi connectivity index (χ0n) is 11.5. The molecule has 2 aromatic rings. The van der Waals surface area contributed by atoms with Crippen molar-refractivity contribution < 1.29 is 13.6 Å². The van der Waals surface area contributed by atoms with Gasteiger partial charge in [0.2, 0.25) is 5.91 Å². The minimum atomic E-state index is -0.722. The van der Waals surface area contributed by atoms with Crippen LogP contribution >= 0.6 is 11.3 Å². The molecule has 1 heterocycles. The summed E-state index contributed by atoms with van der Waals surface area (Å²) in [4.78, 5) is 15.8. The molecule has 21 heavy (non-hydrogen) atoms. The molecule has 0 aliphatic heterocycles. The van der Waals surface area contributed by atoms with Gasteiger partial charge in [0.25, 0.3) is 0 Å². The van der Waals surface area contributed by atoms with Crippen LogP contribution in [0.3, 0.4) is 0 Å². The Morgan fingerprint density at radius 1 is 1.38 bits per heavy atom. The smallest absolute Gasteiger partial charge is 0.246 e. The van der Waals surface area contributed by atoms with Gasteiger partial charge in [-0.3, -0.25) is 4.79 Å². The molecular formula is C14H13F2N3OS. The number of amides is 1. The molecule has 0 bridgehead atoms. The molecule has 0 spiro atoms. The predicted molar refractivity (Wildman–Crippen MR) is 77.3 cm³/mol. The van der Waals surface area contributed by atoms with Crippen molar-refractivity contribution in [1.29, 1.82) is 0 Å². The summed E-state index contributed by atoms with van der Waals surface area (Å²) < 4.78 is 27.1. The number of hydrogen-bond acceptors (Lipinski definition) is 4. The Balaban J connectivity index is 2.05. The van der Waals surface area contributed by atoms with E-state index in [0.29, 0.717) is 5.69 Å². The third-order valence-corrected chi connectivity index (χ3v) is 3.50. The van der Waals surface area contributed by atoms with E-state index >= 15 is 0 Å². The van der Waals surface area contributed by atoms with Crippen molar-refractivity contribution in [3.63, 3.8) is 0 Å². The minimum absolute atomic E-state index is 0.0633. The van der Waals surface area contributed by atoms with Crippen molar-refractivity contribution >= 4 is 23.0 Å². The lowest BCUT2D eigenvalue weighted by Gasteiger charge is -2.04. The maximum absolute atomic E-state index is 13.5. The first kappa shape index (κ1) is 15.2. The van der Waals surface area contributed by atoms with E-state index in [9.17, 15) is 13.6 Å². The number of nitrogens with zero attached hydrogens (tertiary/aromatic N) is 2. The number of carbonyl (C=O) groups is 1. The van der Waals surface area contributed by atoms with Crippen molar-refractivity contribution in [2.24, 2.45) is 5.10 Å². The highest BCUT2D eigenvalue weighted by atomic mass is 32.1. The van der Waals surface area contributed by atoms with Crippen molar-refractivity contribution in [3.05, 3.63) is 51.5 Å². The summed E-state index contributed by atoms with van der Waals surface area (Å²) in [5.41, 5.74) is 2.73. The molecule has 4 nitrogen and oxygen atoms in total. The fraction of sp³-hybridized carbons (Fsp3) is 0.214. The van der Waals surface area contributed by atoms with Gasteiger partial charge in [-0.15, -0.1) is 11.3 Å². The second kappa shape index (κ2) is 6.53. The van der Waals surface area contributed by atoms with Gasteiger partial charge in [-0.1, -0.05) is 6.07 Å². The first-order valence-corrected chi connectivity index (χ1v) is 7.04. The monoisotopic (exact) mass is 309 g/mol. The van der Waals surface area contributed by atoms with Gasteiger partial charge in [0.15, 0.2) is 0 Å². The van der Waals surface area contributed by atoms with Gasteiger partial charge in [-0.05, 0) is 26.0 Å². The van der Waals surface area contributed by atoms with Crippen LogP contribution in [0.5, 0.6) is 0 Å². The largest absolute Gasteiger partial charge is 0.273 e.